The van der Waals surface area contributed by atoms with Crippen molar-refractivity contribution in [1.29, 1.82) is 0 Å². The Bertz CT molecular complexity index is 649. The van der Waals surface area contributed by atoms with Gasteiger partial charge in [0.05, 0.1) is 18.2 Å². The standard InChI is InChI=1S/C16H20N4O/c1-11-9-14(13-5-3-4-6-15(13)18-11)16(21)17-10-12-7-8-20(2)19-12/h3-8,11,14,18H,9-10H2,1-2H3,(H,17,21). The second kappa shape index (κ2) is 5.60. The Labute approximate surface area is 124 Å². The normalized spacial score (nSPS) is 20.5. The molecule has 5 heteroatoms. The largest absolute Gasteiger partial charge is 0.382 e. The third kappa shape index (κ3) is 2.91. The zero-order valence-corrected chi connectivity index (χ0v) is 12.3. The summed E-state index contributed by atoms with van der Waals surface area (Å²) in [5.41, 5.74) is 3.02. The number of hydrogen-bond donors (Lipinski definition) is 2. The summed E-state index contributed by atoms with van der Waals surface area (Å²) in [5.74, 6) is -0.0254. The Hall–Kier alpha value is -2.30. The fourth-order valence-corrected chi connectivity index (χ4v) is 2.84. The maximum atomic E-state index is 12.5. The van der Waals surface area contributed by atoms with Crippen LogP contribution in [0.4, 0.5) is 5.69 Å². The van der Waals surface area contributed by atoms with Crippen molar-refractivity contribution >= 4 is 11.6 Å². The Morgan fingerprint density at radius 3 is 3.00 bits per heavy atom. The third-order valence-corrected chi connectivity index (χ3v) is 3.86. The molecular weight excluding hydrogens is 264 g/mol. The van der Waals surface area contributed by atoms with Crippen molar-refractivity contribution in [2.75, 3.05) is 5.32 Å². The summed E-state index contributed by atoms with van der Waals surface area (Å²) >= 11 is 0. The van der Waals surface area contributed by atoms with Gasteiger partial charge in [0.15, 0.2) is 0 Å². The summed E-state index contributed by atoms with van der Waals surface area (Å²) in [6.07, 6.45) is 2.69. The maximum Gasteiger partial charge on any atom is 0.228 e. The molecule has 2 N–H and O–H groups in total. The molecule has 2 unspecified atom stereocenters. The maximum absolute atomic E-state index is 12.5. The number of amides is 1. The van der Waals surface area contributed by atoms with Gasteiger partial charge in [0, 0.05) is 25.0 Å². The lowest BCUT2D eigenvalue weighted by Crippen LogP contribution is -2.35. The lowest BCUT2D eigenvalue weighted by molar-refractivity contribution is -0.123. The number of fused-ring (bicyclic) bond motifs is 1. The lowest BCUT2D eigenvalue weighted by Gasteiger charge is -2.30. The predicted octanol–water partition coefficient (Wildman–Crippen LogP) is 2.02. The van der Waals surface area contributed by atoms with Gasteiger partial charge in [0.25, 0.3) is 0 Å². The summed E-state index contributed by atoms with van der Waals surface area (Å²) in [4.78, 5) is 12.5. The van der Waals surface area contributed by atoms with Gasteiger partial charge < -0.3 is 10.6 Å². The van der Waals surface area contributed by atoms with Crippen LogP contribution in [0.25, 0.3) is 0 Å². The minimum Gasteiger partial charge on any atom is -0.382 e. The van der Waals surface area contributed by atoms with E-state index >= 15 is 0 Å². The molecule has 0 bridgehead atoms. The second-order valence-corrected chi connectivity index (χ2v) is 5.62. The first-order valence-electron chi connectivity index (χ1n) is 7.25. The fourth-order valence-electron chi connectivity index (χ4n) is 2.84. The average Bonchev–Trinajstić information content (AvgIpc) is 2.89. The molecule has 110 valence electrons. The molecule has 1 aromatic carbocycles. The lowest BCUT2D eigenvalue weighted by atomic mass is 9.87. The number of para-hydroxylation sites is 1. The minimum absolute atomic E-state index is 0.0708. The molecule has 1 amide bonds. The van der Waals surface area contributed by atoms with E-state index in [2.05, 4.69) is 22.7 Å². The van der Waals surface area contributed by atoms with Crippen molar-refractivity contribution in [3.63, 3.8) is 0 Å². The van der Waals surface area contributed by atoms with Crippen LogP contribution >= 0.6 is 0 Å². The van der Waals surface area contributed by atoms with Crippen LogP contribution in [-0.2, 0) is 18.4 Å². The van der Waals surface area contributed by atoms with E-state index in [0.29, 0.717) is 12.6 Å². The molecule has 1 aliphatic heterocycles. The van der Waals surface area contributed by atoms with Crippen LogP contribution in [0.5, 0.6) is 0 Å². The highest BCUT2D eigenvalue weighted by Gasteiger charge is 2.29. The number of hydrogen-bond acceptors (Lipinski definition) is 3. The monoisotopic (exact) mass is 284 g/mol. The van der Waals surface area contributed by atoms with Gasteiger partial charge in [0.2, 0.25) is 5.91 Å². The summed E-state index contributed by atoms with van der Waals surface area (Å²) in [7, 11) is 1.87. The smallest absolute Gasteiger partial charge is 0.228 e. The van der Waals surface area contributed by atoms with Gasteiger partial charge in [-0.1, -0.05) is 18.2 Å². The Kier molecular flexibility index (Phi) is 3.64. The van der Waals surface area contributed by atoms with Crippen molar-refractivity contribution < 1.29 is 4.79 Å². The van der Waals surface area contributed by atoms with E-state index in [0.717, 1.165) is 23.4 Å². The quantitative estimate of drug-likeness (QED) is 0.906. The number of aryl methyl sites for hydroxylation is 1. The minimum atomic E-state index is -0.0961. The van der Waals surface area contributed by atoms with Crippen molar-refractivity contribution in [2.45, 2.75) is 31.8 Å². The molecule has 0 saturated heterocycles. The SMILES string of the molecule is CC1CC(C(=O)NCc2ccn(C)n2)c2ccccc2N1. The topological polar surface area (TPSA) is 59.0 Å². The number of carbonyl (C=O) groups is 1. The summed E-state index contributed by atoms with van der Waals surface area (Å²) in [6.45, 7) is 2.58. The highest BCUT2D eigenvalue weighted by Crippen LogP contribution is 2.34. The van der Waals surface area contributed by atoms with Crippen LogP contribution in [-0.4, -0.2) is 21.7 Å². The van der Waals surface area contributed by atoms with Crippen molar-refractivity contribution in [1.82, 2.24) is 15.1 Å². The number of rotatable bonds is 3. The van der Waals surface area contributed by atoms with Gasteiger partial charge in [-0.2, -0.15) is 5.10 Å². The van der Waals surface area contributed by atoms with Crippen molar-refractivity contribution in [3.05, 3.63) is 47.8 Å². The molecule has 1 aliphatic rings. The summed E-state index contributed by atoms with van der Waals surface area (Å²) in [5, 5.41) is 10.7. The molecule has 0 fully saturated rings. The van der Waals surface area contributed by atoms with E-state index in [1.807, 2.05) is 43.6 Å². The van der Waals surface area contributed by atoms with Crippen LogP contribution in [0.3, 0.4) is 0 Å². The Morgan fingerprint density at radius 2 is 2.24 bits per heavy atom. The van der Waals surface area contributed by atoms with E-state index in [1.54, 1.807) is 4.68 Å². The van der Waals surface area contributed by atoms with E-state index in [-0.39, 0.29) is 11.8 Å². The van der Waals surface area contributed by atoms with Crippen LogP contribution in [0.15, 0.2) is 36.5 Å². The van der Waals surface area contributed by atoms with Crippen LogP contribution < -0.4 is 10.6 Å². The van der Waals surface area contributed by atoms with Crippen molar-refractivity contribution in [3.8, 4) is 0 Å². The first-order chi connectivity index (χ1) is 10.1. The van der Waals surface area contributed by atoms with Crippen LogP contribution in [0.2, 0.25) is 0 Å². The van der Waals surface area contributed by atoms with E-state index in [1.165, 1.54) is 0 Å². The summed E-state index contributed by atoms with van der Waals surface area (Å²) < 4.78 is 1.74. The Morgan fingerprint density at radius 1 is 1.43 bits per heavy atom. The number of aromatic nitrogens is 2. The van der Waals surface area contributed by atoms with Crippen LogP contribution in [0, 0.1) is 0 Å². The van der Waals surface area contributed by atoms with Gasteiger partial charge in [-0.05, 0) is 31.0 Å². The van der Waals surface area contributed by atoms with Gasteiger partial charge in [-0.25, -0.2) is 0 Å². The molecule has 0 aliphatic carbocycles. The molecule has 5 nitrogen and oxygen atoms in total. The average molecular weight is 284 g/mol. The molecule has 2 aromatic rings. The highest BCUT2D eigenvalue weighted by molar-refractivity contribution is 5.86. The molecule has 0 saturated carbocycles. The number of nitrogens with one attached hydrogen (secondary N) is 2. The Balaban J connectivity index is 1.72. The van der Waals surface area contributed by atoms with Gasteiger partial charge >= 0.3 is 0 Å². The molecule has 3 rings (SSSR count). The number of anilines is 1. The number of carbonyl (C=O) groups excluding carboxylic acids is 1. The number of nitrogens with zero attached hydrogens (tertiary/aromatic N) is 2. The number of benzene rings is 1. The third-order valence-electron chi connectivity index (χ3n) is 3.86. The predicted molar refractivity (Wildman–Crippen MR) is 81.9 cm³/mol. The second-order valence-electron chi connectivity index (χ2n) is 5.62. The molecular formula is C16H20N4O. The van der Waals surface area contributed by atoms with E-state index in [9.17, 15) is 4.79 Å². The molecule has 0 radical (unpaired) electrons. The summed E-state index contributed by atoms with van der Waals surface area (Å²) in [6, 6.07) is 10.2. The zero-order valence-electron chi connectivity index (χ0n) is 12.3. The molecule has 21 heavy (non-hydrogen) atoms. The highest BCUT2D eigenvalue weighted by atomic mass is 16.1. The first-order valence-corrected chi connectivity index (χ1v) is 7.25. The van der Waals surface area contributed by atoms with Gasteiger partial charge in [-0.3, -0.25) is 9.48 Å². The van der Waals surface area contributed by atoms with E-state index in [4.69, 9.17) is 0 Å². The van der Waals surface area contributed by atoms with Gasteiger partial charge in [-0.15, -0.1) is 0 Å². The molecule has 2 atom stereocenters. The zero-order chi connectivity index (χ0) is 14.8. The molecule has 2 heterocycles. The fraction of sp³-hybridized carbons (Fsp3) is 0.375. The van der Waals surface area contributed by atoms with Crippen molar-refractivity contribution in [2.24, 2.45) is 7.05 Å². The molecule has 0 spiro atoms. The van der Waals surface area contributed by atoms with Crippen LogP contribution in [0.1, 0.15) is 30.5 Å². The first kappa shape index (κ1) is 13.7. The van der Waals surface area contributed by atoms with Gasteiger partial charge in [0.1, 0.15) is 0 Å². The van der Waals surface area contributed by atoms with E-state index < -0.39 is 0 Å². The molecule has 1 aromatic heterocycles.